The van der Waals surface area contributed by atoms with Crippen LogP contribution >= 0.6 is 35.0 Å². The Bertz CT molecular complexity index is 1160. The zero-order valence-corrected chi connectivity index (χ0v) is 18.8. The number of thioether (sulfide) groups is 1. The zero-order valence-electron chi connectivity index (χ0n) is 16.5. The highest BCUT2D eigenvalue weighted by Gasteiger charge is 2.34. The molecule has 3 aromatic carbocycles. The minimum absolute atomic E-state index is 0.0218. The molecule has 0 unspecified atom stereocenters. The van der Waals surface area contributed by atoms with Crippen molar-refractivity contribution in [1.29, 1.82) is 0 Å². The third-order valence-corrected chi connectivity index (χ3v) is 6.76. The van der Waals surface area contributed by atoms with Crippen LogP contribution in [0.1, 0.15) is 21.3 Å². The topological polar surface area (TPSA) is 58.6 Å². The molecule has 0 radical (unpaired) electrons. The van der Waals surface area contributed by atoms with E-state index in [0.717, 1.165) is 11.3 Å². The number of anilines is 2. The van der Waals surface area contributed by atoms with Crippen LogP contribution in [0.25, 0.3) is 0 Å². The number of hydrogen-bond donors (Lipinski definition) is 1. The highest BCUT2D eigenvalue weighted by atomic mass is 35.5. The third-order valence-electron chi connectivity index (χ3n) is 4.81. The molecule has 8 heteroatoms. The Morgan fingerprint density at radius 1 is 1.06 bits per heavy atom. The molecular weight excluding hydrogens is 455 g/mol. The van der Waals surface area contributed by atoms with Crippen LogP contribution in [0.15, 0.2) is 66.7 Å². The van der Waals surface area contributed by atoms with E-state index in [1.54, 1.807) is 30.2 Å². The highest BCUT2D eigenvalue weighted by Crippen LogP contribution is 2.43. The number of nitrogens with zero attached hydrogens (tertiary/aromatic N) is 1. The number of amides is 2. The molecule has 1 saturated heterocycles. The van der Waals surface area contributed by atoms with Crippen LogP contribution in [0, 0.1) is 0 Å². The number of hydrogen-bond acceptors (Lipinski definition) is 4. The maximum Gasteiger partial charge on any atom is 0.255 e. The van der Waals surface area contributed by atoms with Gasteiger partial charge in [0, 0.05) is 23.0 Å². The average molecular weight is 473 g/mol. The van der Waals surface area contributed by atoms with Crippen LogP contribution < -0.4 is 15.0 Å². The molecule has 1 aliphatic rings. The van der Waals surface area contributed by atoms with Crippen LogP contribution in [0.5, 0.6) is 5.75 Å². The Labute approximate surface area is 194 Å². The second-order valence-corrected chi connectivity index (χ2v) is 8.72. The molecule has 4 rings (SSSR count). The van der Waals surface area contributed by atoms with Crippen molar-refractivity contribution in [1.82, 2.24) is 0 Å². The first-order chi connectivity index (χ1) is 15.0. The summed E-state index contributed by atoms with van der Waals surface area (Å²) in [6, 6.07) is 19.6. The summed E-state index contributed by atoms with van der Waals surface area (Å²) in [6.07, 6.45) is 0. The lowest BCUT2D eigenvalue weighted by atomic mass is 10.1. The molecule has 31 heavy (non-hydrogen) atoms. The summed E-state index contributed by atoms with van der Waals surface area (Å²) in [6.45, 7) is 0. The van der Waals surface area contributed by atoms with Crippen LogP contribution in [0.4, 0.5) is 11.4 Å². The SMILES string of the molecule is COc1cccc(N2C(=O)CS[C@H]2c2cccc(NC(=O)c3ccc(Cl)c(Cl)c3)c2)c1. The van der Waals surface area contributed by atoms with E-state index in [2.05, 4.69) is 5.32 Å². The van der Waals surface area contributed by atoms with Gasteiger partial charge in [-0.2, -0.15) is 0 Å². The Kier molecular flexibility index (Phi) is 6.41. The normalized spacial score (nSPS) is 15.8. The fourth-order valence-electron chi connectivity index (χ4n) is 3.32. The molecule has 2 amide bonds. The molecule has 1 aliphatic heterocycles. The van der Waals surface area contributed by atoms with Gasteiger partial charge < -0.3 is 10.1 Å². The Balaban J connectivity index is 1.58. The molecule has 1 heterocycles. The van der Waals surface area contributed by atoms with E-state index < -0.39 is 0 Å². The van der Waals surface area contributed by atoms with Crippen molar-refractivity contribution in [3.63, 3.8) is 0 Å². The molecule has 0 aliphatic carbocycles. The molecule has 1 atom stereocenters. The second kappa shape index (κ2) is 9.22. The first kappa shape index (κ1) is 21.6. The van der Waals surface area contributed by atoms with Crippen molar-refractivity contribution < 1.29 is 14.3 Å². The highest BCUT2D eigenvalue weighted by molar-refractivity contribution is 8.00. The maximum atomic E-state index is 12.6. The van der Waals surface area contributed by atoms with Crippen molar-refractivity contribution in [3.05, 3.63) is 87.9 Å². The number of rotatable bonds is 5. The smallest absolute Gasteiger partial charge is 0.255 e. The zero-order chi connectivity index (χ0) is 22.0. The van der Waals surface area contributed by atoms with Gasteiger partial charge >= 0.3 is 0 Å². The Hall–Kier alpha value is -2.67. The van der Waals surface area contributed by atoms with Gasteiger partial charge in [0.2, 0.25) is 5.91 Å². The number of methoxy groups -OCH3 is 1. The fourth-order valence-corrected chi connectivity index (χ4v) is 4.79. The molecule has 1 fully saturated rings. The van der Waals surface area contributed by atoms with Gasteiger partial charge in [-0.25, -0.2) is 0 Å². The summed E-state index contributed by atoms with van der Waals surface area (Å²) in [4.78, 5) is 27.0. The van der Waals surface area contributed by atoms with Crippen LogP contribution in [0.2, 0.25) is 10.0 Å². The van der Waals surface area contributed by atoms with Crippen LogP contribution in [0.3, 0.4) is 0 Å². The summed E-state index contributed by atoms with van der Waals surface area (Å²) in [7, 11) is 1.59. The summed E-state index contributed by atoms with van der Waals surface area (Å²) in [5.41, 5.74) is 2.71. The molecule has 3 aromatic rings. The van der Waals surface area contributed by atoms with Crippen molar-refractivity contribution >= 4 is 58.2 Å². The Morgan fingerprint density at radius 2 is 1.87 bits per heavy atom. The first-order valence-corrected chi connectivity index (χ1v) is 11.2. The van der Waals surface area contributed by atoms with Gasteiger partial charge in [-0.15, -0.1) is 11.8 Å². The maximum absolute atomic E-state index is 12.6. The lowest BCUT2D eigenvalue weighted by Gasteiger charge is -2.25. The largest absolute Gasteiger partial charge is 0.497 e. The molecule has 5 nitrogen and oxygen atoms in total. The number of nitrogens with one attached hydrogen (secondary N) is 1. The number of benzene rings is 3. The molecule has 1 N–H and O–H groups in total. The van der Waals surface area contributed by atoms with Gasteiger partial charge in [0.25, 0.3) is 5.91 Å². The quantitative estimate of drug-likeness (QED) is 0.492. The first-order valence-electron chi connectivity index (χ1n) is 9.40. The van der Waals surface area contributed by atoms with Crippen molar-refractivity contribution in [3.8, 4) is 5.75 Å². The summed E-state index contributed by atoms with van der Waals surface area (Å²) in [5, 5.41) is 3.38. The molecule has 0 bridgehead atoms. The van der Waals surface area contributed by atoms with E-state index in [9.17, 15) is 9.59 Å². The van der Waals surface area contributed by atoms with Gasteiger partial charge in [-0.05, 0) is 48.0 Å². The summed E-state index contributed by atoms with van der Waals surface area (Å²) >= 11 is 13.5. The fraction of sp³-hybridized carbons (Fsp3) is 0.130. The van der Waals surface area contributed by atoms with Gasteiger partial charge in [0.1, 0.15) is 11.1 Å². The number of ether oxygens (including phenoxy) is 1. The van der Waals surface area contributed by atoms with Gasteiger partial charge in [0.05, 0.1) is 22.9 Å². The number of carbonyl (C=O) groups excluding carboxylic acids is 2. The lowest BCUT2D eigenvalue weighted by molar-refractivity contribution is -0.115. The predicted molar refractivity (Wildman–Crippen MR) is 127 cm³/mol. The van der Waals surface area contributed by atoms with E-state index in [4.69, 9.17) is 27.9 Å². The molecule has 158 valence electrons. The molecular formula is C23H18Cl2N2O3S. The number of halogens is 2. The van der Waals surface area contributed by atoms with Crippen molar-refractivity contribution in [2.45, 2.75) is 5.37 Å². The molecule has 0 aromatic heterocycles. The van der Waals surface area contributed by atoms with Crippen molar-refractivity contribution in [2.75, 3.05) is 23.1 Å². The molecule has 0 spiro atoms. The van der Waals surface area contributed by atoms with Gasteiger partial charge in [0.15, 0.2) is 0 Å². The monoisotopic (exact) mass is 472 g/mol. The minimum atomic E-state index is -0.296. The van der Waals surface area contributed by atoms with E-state index >= 15 is 0 Å². The van der Waals surface area contributed by atoms with Gasteiger partial charge in [-0.1, -0.05) is 41.4 Å². The van der Waals surface area contributed by atoms with E-state index in [1.807, 2.05) is 42.5 Å². The van der Waals surface area contributed by atoms with E-state index in [1.165, 1.54) is 17.8 Å². The van der Waals surface area contributed by atoms with E-state index in [-0.39, 0.29) is 17.2 Å². The predicted octanol–water partition coefficient (Wildman–Crippen LogP) is 6.03. The summed E-state index contributed by atoms with van der Waals surface area (Å²) in [5.74, 6) is 0.787. The number of carbonyl (C=O) groups is 2. The van der Waals surface area contributed by atoms with Gasteiger partial charge in [-0.3, -0.25) is 14.5 Å². The molecule has 0 saturated carbocycles. The second-order valence-electron chi connectivity index (χ2n) is 6.84. The lowest BCUT2D eigenvalue weighted by Crippen LogP contribution is -2.27. The van der Waals surface area contributed by atoms with E-state index in [0.29, 0.717) is 32.8 Å². The minimum Gasteiger partial charge on any atom is -0.497 e. The van der Waals surface area contributed by atoms with Crippen LogP contribution in [-0.4, -0.2) is 24.7 Å². The average Bonchev–Trinajstić information content (AvgIpc) is 3.17. The van der Waals surface area contributed by atoms with Crippen molar-refractivity contribution in [2.24, 2.45) is 0 Å². The standard InChI is InChI=1S/C23H18Cl2N2O3S/c1-30-18-7-3-6-17(12-18)27-21(28)13-31-23(27)15-4-2-5-16(10-15)26-22(29)14-8-9-19(24)20(25)11-14/h2-12,23H,13H2,1H3,(H,26,29)/t23-/m0/s1. The summed E-state index contributed by atoms with van der Waals surface area (Å²) < 4.78 is 5.30. The third kappa shape index (κ3) is 4.66. The Morgan fingerprint density at radius 3 is 2.65 bits per heavy atom. The van der Waals surface area contributed by atoms with Crippen LogP contribution in [-0.2, 0) is 4.79 Å².